The van der Waals surface area contributed by atoms with Gasteiger partial charge < -0.3 is 5.73 Å². The Morgan fingerprint density at radius 2 is 2.33 bits per heavy atom. The third-order valence-corrected chi connectivity index (χ3v) is 4.11. The van der Waals surface area contributed by atoms with Gasteiger partial charge in [-0.3, -0.25) is 9.88 Å². The second-order valence-corrected chi connectivity index (χ2v) is 5.39. The van der Waals surface area contributed by atoms with E-state index in [2.05, 4.69) is 29.8 Å². The van der Waals surface area contributed by atoms with Crippen LogP contribution in [0, 0.1) is 0 Å². The van der Waals surface area contributed by atoms with Gasteiger partial charge in [-0.2, -0.15) is 0 Å². The van der Waals surface area contributed by atoms with Crippen molar-refractivity contribution in [2.24, 2.45) is 5.73 Å². The molecule has 0 amide bonds. The number of piperidine rings is 1. The number of hydrogen-bond donors (Lipinski definition) is 1. The molecule has 100 valence electrons. The Labute approximate surface area is 110 Å². The van der Waals surface area contributed by atoms with E-state index in [9.17, 15) is 0 Å². The average molecular weight is 247 g/mol. The molecular formula is C15H25N3. The Bertz CT molecular complexity index is 352. The first-order valence-corrected chi connectivity index (χ1v) is 7.15. The first-order valence-electron chi connectivity index (χ1n) is 7.15. The predicted octanol–water partition coefficient (Wildman–Crippen LogP) is 2.73. The van der Waals surface area contributed by atoms with E-state index in [0.717, 1.165) is 13.0 Å². The third kappa shape index (κ3) is 2.90. The van der Waals surface area contributed by atoms with Crippen molar-refractivity contribution in [3.8, 4) is 0 Å². The molecule has 0 radical (unpaired) electrons. The molecule has 3 atom stereocenters. The van der Waals surface area contributed by atoms with Crippen molar-refractivity contribution in [2.45, 2.75) is 57.7 Å². The minimum Gasteiger partial charge on any atom is -0.326 e. The van der Waals surface area contributed by atoms with E-state index in [1.807, 2.05) is 18.5 Å². The van der Waals surface area contributed by atoms with Crippen LogP contribution in [0.25, 0.3) is 0 Å². The molecule has 18 heavy (non-hydrogen) atoms. The highest BCUT2D eigenvalue weighted by molar-refractivity contribution is 5.17. The lowest BCUT2D eigenvalue weighted by atomic mass is 9.92. The molecule has 3 heteroatoms. The lowest BCUT2D eigenvalue weighted by molar-refractivity contribution is 0.0878. The first-order chi connectivity index (χ1) is 8.74. The number of likely N-dealkylation sites (tertiary alicyclic amines) is 1. The van der Waals surface area contributed by atoms with Crippen LogP contribution >= 0.6 is 0 Å². The molecule has 0 bridgehead atoms. The number of hydrogen-bond acceptors (Lipinski definition) is 3. The summed E-state index contributed by atoms with van der Waals surface area (Å²) < 4.78 is 0. The van der Waals surface area contributed by atoms with Crippen LogP contribution in [-0.4, -0.2) is 28.5 Å². The quantitative estimate of drug-likeness (QED) is 0.889. The number of rotatable bonds is 4. The molecule has 1 aliphatic rings. The molecular weight excluding hydrogens is 222 g/mol. The molecule has 0 spiro atoms. The van der Waals surface area contributed by atoms with E-state index in [4.69, 9.17) is 5.73 Å². The molecule has 1 fully saturated rings. The van der Waals surface area contributed by atoms with Crippen LogP contribution < -0.4 is 5.73 Å². The van der Waals surface area contributed by atoms with Gasteiger partial charge in [0.15, 0.2) is 0 Å². The van der Waals surface area contributed by atoms with E-state index in [1.165, 1.54) is 24.8 Å². The van der Waals surface area contributed by atoms with Crippen molar-refractivity contribution in [1.82, 2.24) is 9.88 Å². The fourth-order valence-corrected chi connectivity index (χ4v) is 2.99. The van der Waals surface area contributed by atoms with Crippen molar-refractivity contribution >= 4 is 0 Å². The predicted molar refractivity (Wildman–Crippen MR) is 75.3 cm³/mol. The van der Waals surface area contributed by atoms with Crippen LogP contribution in [0.1, 0.15) is 51.1 Å². The van der Waals surface area contributed by atoms with Crippen LogP contribution in [0.5, 0.6) is 0 Å². The molecule has 2 rings (SSSR count). The van der Waals surface area contributed by atoms with Crippen LogP contribution in [0.2, 0.25) is 0 Å². The van der Waals surface area contributed by atoms with Crippen molar-refractivity contribution in [1.29, 1.82) is 0 Å². The van der Waals surface area contributed by atoms with E-state index in [-0.39, 0.29) is 6.04 Å². The maximum absolute atomic E-state index is 6.37. The summed E-state index contributed by atoms with van der Waals surface area (Å²) in [6, 6.07) is 5.31. The second kappa shape index (κ2) is 6.30. The minimum atomic E-state index is 0.190. The summed E-state index contributed by atoms with van der Waals surface area (Å²) in [6.45, 7) is 5.65. The van der Waals surface area contributed by atoms with Crippen molar-refractivity contribution < 1.29 is 0 Å². The highest BCUT2D eigenvalue weighted by Gasteiger charge is 2.30. The molecule has 1 saturated heterocycles. The van der Waals surface area contributed by atoms with Gasteiger partial charge in [0.25, 0.3) is 0 Å². The van der Waals surface area contributed by atoms with Gasteiger partial charge in [-0.15, -0.1) is 0 Å². The van der Waals surface area contributed by atoms with Crippen LogP contribution in [0.4, 0.5) is 0 Å². The van der Waals surface area contributed by atoms with Crippen LogP contribution in [0.15, 0.2) is 24.5 Å². The zero-order chi connectivity index (χ0) is 13.0. The molecule has 1 aliphatic heterocycles. The normalized spacial score (nSPS) is 24.7. The standard InChI is InChI=1S/C15H25N3/c1-3-14(16)15(13-8-6-9-17-11-13)18-10-5-4-7-12(18)2/h6,8-9,11-12,14-15H,3-5,7,10,16H2,1-2H3. The van der Waals surface area contributed by atoms with Gasteiger partial charge in [0, 0.05) is 24.5 Å². The lowest BCUT2D eigenvalue weighted by Gasteiger charge is -2.42. The topological polar surface area (TPSA) is 42.1 Å². The average Bonchev–Trinajstić information content (AvgIpc) is 2.42. The summed E-state index contributed by atoms with van der Waals surface area (Å²) in [5.41, 5.74) is 7.64. The Balaban J connectivity index is 2.24. The minimum absolute atomic E-state index is 0.190. The van der Waals surface area contributed by atoms with Gasteiger partial charge in [0.05, 0.1) is 6.04 Å². The number of pyridine rings is 1. The van der Waals surface area contributed by atoms with Gasteiger partial charge in [0.1, 0.15) is 0 Å². The molecule has 1 aromatic rings. The number of nitrogens with zero attached hydrogens (tertiary/aromatic N) is 2. The van der Waals surface area contributed by atoms with E-state index in [0.29, 0.717) is 12.1 Å². The Morgan fingerprint density at radius 1 is 1.50 bits per heavy atom. The maximum atomic E-state index is 6.37. The smallest absolute Gasteiger partial charge is 0.0517 e. The SMILES string of the molecule is CCC(N)C(c1cccnc1)N1CCCCC1C. The molecule has 0 aliphatic carbocycles. The highest BCUT2D eigenvalue weighted by atomic mass is 15.2. The Hall–Kier alpha value is -0.930. The number of nitrogens with two attached hydrogens (primary N) is 1. The molecule has 2 N–H and O–H groups in total. The molecule has 0 saturated carbocycles. The highest BCUT2D eigenvalue weighted by Crippen LogP contribution is 2.30. The van der Waals surface area contributed by atoms with Crippen LogP contribution in [-0.2, 0) is 0 Å². The Morgan fingerprint density at radius 3 is 2.94 bits per heavy atom. The first kappa shape index (κ1) is 13.5. The van der Waals surface area contributed by atoms with Crippen molar-refractivity contribution in [3.05, 3.63) is 30.1 Å². The van der Waals surface area contributed by atoms with E-state index < -0.39 is 0 Å². The maximum Gasteiger partial charge on any atom is 0.0517 e. The second-order valence-electron chi connectivity index (χ2n) is 5.39. The lowest BCUT2D eigenvalue weighted by Crippen LogP contribution is -2.47. The van der Waals surface area contributed by atoms with E-state index >= 15 is 0 Å². The fourth-order valence-electron chi connectivity index (χ4n) is 2.99. The Kier molecular flexibility index (Phi) is 4.72. The van der Waals surface area contributed by atoms with Crippen molar-refractivity contribution in [3.63, 3.8) is 0 Å². The summed E-state index contributed by atoms with van der Waals surface area (Å²) in [6.07, 6.45) is 8.73. The summed E-state index contributed by atoms with van der Waals surface area (Å²) in [5.74, 6) is 0. The monoisotopic (exact) mass is 247 g/mol. The molecule has 1 aromatic heterocycles. The molecule has 3 unspecified atom stereocenters. The molecule has 2 heterocycles. The molecule has 3 nitrogen and oxygen atoms in total. The van der Waals surface area contributed by atoms with Crippen LogP contribution in [0.3, 0.4) is 0 Å². The largest absolute Gasteiger partial charge is 0.326 e. The summed E-state index contributed by atoms with van der Waals surface area (Å²) >= 11 is 0. The summed E-state index contributed by atoms with van der Waals surface area (Å²) in [5, 5.41) is 0. The van der Waals surface area contributed by atoms with Gasteiger partial charge >= 0.3 is 0 Å². The summed E-state index contributed by atoms with van der Waals surface area (Å²) in [7, 11) is 0. The van der Waals surface area contributed by atoms with Gasteiger partial charge in [0.2, 0.25) is 0 Å². The third-order valence-electron chi connectivity index (χ3n) is 4.11. The van der Waals surface area contributed by atoms with Gasteiger partial charge in [-0.25, -0.2) is 0 Å². The van der Waals surface area contributed by atoms with E-state index in [1.54, 1.807) is 0 Å². The molecule has 0 aromatic carbocycles. The van der Waals surface area contributed by atoms with Gasteiger partial charge in [-0.05, 0) is 44.4 Å². The zero-order valence-corrected chi connectivity index (χ0v) is 11.5. The van der Waals surface area contributed by atoms with Gasteiger partial charge in [-0.1, -0.05) is 19.4 Å². The summed E-state index contributed by atoms with van der Waals surface area (Å²) in [4.78, 5) is 6.84. The number of aromatic nitrogens is 1. The fraction of sp³-hybridized carbons (Fsp3) is 0.667. The van der Waals surface area contributed by atoms with Crippen molar-refractivity contribution in [2.75, 3.05) is 6.54 Å². The zero-order valence-electron chi connectivity index (χ0n) is 11.5.